The SMILES string of the molecule is C/C=C/N=C(/C=C/n1c(C)cc(C2C(c3cccc4c3C(=O)NC4)[C@H]2C)c(Cl)c1=O)c1cccc(C(=O)N(C)C)c1F. The van der Waals surface area contributed by atoms with E-state index in [1.165, 1.54) is 40.1 Å². The summed E-state index contributed by atoms with van der Waals surface area (Å²) in [5.41, 5.74) is 3.98. The van der Waals surface area contributed by atoms with Crippen molar-refractivity contribution in [3.05, 3.63) is 121 Å². The smallest absolute Gasteiger partial charge is 0.273 e. The van der Waals surface area contributed by atoms with Gasteiger partial charge in [-0.15, -0.1) is 0 Å². The van der Waals surface area contributed by atoms with Crippen LogP contribution in [-0.2, 0) is 6.54 Å². The number of nitrogens with zero attached hydrogens (tertiary/aromatic N) is 3. The van der Waals surface area contributed by atoms with Crippen LogP contribution in [0.5, 0.6) is 0 Å². The molecule has 1 aliphatic heterocycles. The molecule has 1 aromatic heterocycles. The molecule has 0 saturated heterocycles. The standard InChI is InChI=1S/C33H32ClFN4O3/c1-6-14-36-25(21-10-8-12-23(30(21)35)32(41)38(4)5)13-15-39-18(2)16-24(29(34)33(39)42)27-19(3)26(27)22-11-7-9-20-17-37-31(40)28(20)22/h6-16,19,26-27H,17H2,1-5H3,(H,37,40)/b14-6+,15-13+,36-25-/t19-,26?,27?/m1/s1. The molecule has 2 aromatic carbocycles. The van der Waals surface area contributed by atoms with Gasteiger partial charge in [-0.1, -0.05) is 48.9 Å². The van der Waals surface area contributed by atoms with Crippen molar-refractivity contribution in [3.8, 4) is 0 Å². The maximum atomic E-state index is 15.5. The summed E-state index contributed by atoms with van der Waals surface area (Å²) in [6.45, 7) is 6.21. The second-order valence-electron chi connectivity index (χ2n) is 10.9. The first kappa shape index (κ1) is 29.2. The van der Waals surface area contributed by atoms with Crippen LogP contribution >= 0.6 is 11.6 Å². The molecule has 0 bridgehead atoms. The number of carbonyl (C=O) groups excluding carboxylic acids is 2. The van der Waals surface area contributed by atoms with Crippen LogP contribution in [0.25, 0.3) is 6.20 Å². The number of aryl methyl sites for hydroxylation is 1. The summed E-state index contributed by atoms with van der Waals surface area (Å²) in [7, 11) is 3.11. The van der Waals surface area contributed by atoms with Crippen molar-refractivity contribution in [2.24, 2.45) is 10.9 Å². The van der Waals surface area contributed by atoms with Gasteiger partial charge >= 0.3 is 0 Å². The van der Waals surface area contributed by atoms with E-state index >= 15 is 4.39 Å². The van der Waals surface area contributed by atoms with Gasteiger partial charge in [-0.3, -0.25) is 23.9 Å². The van der Waals surface area contributed by atoms with Gasteiger partial charge in [-0.2, -0.15) is 0 Å². The second kappa shape index (κ2) is 11.5. The predicted molar refractivity (Wildman–Crippen MR) is 164 cm³/mol. The first-order valence-electron chi connectivity index (χ1n) is 13.8. The minimum absolute atomic E-state index is 0.000291. The summed E-state index contributed by atoms with van der Waals surface area (Å²) in [5.74, 6) is -0.952. The number of halogens is 2. The van der Waals surface area contributed by atoms with Crippen molar-refractivity contribution in [3.63, 3.8) is 0 Å². The molecule has 5 rings (SSSR count). The Morgan fingerprint density at radius 3 is 2.52 bits per heavy atom. The molecule has 7 nitrogen and oxygen atoms in total. The number of carbonyl (C=O) groups is 2. The highest BCUT2D eigenvalue weighted by Gasteiger charge is 2.51. The van der Waals surface area contributed by atoms with Gasteiger partial charge in [0.15, 0.2) is 0 Å². The van der Waals surface area contributed by atoms with Crippen LogP contribution in [0.1, 0.15) is 74.3 Å². The van der Waals surface area contributed by atoms with Crippen molar-refractivity contribution in [1.82, 2.24) is 14.8 Å². The number of amides is 2. The monoisotopic (exact) mass is 586 g/mol. The number of allylic oxidation sites excluding steroid dienone is 2. The lowest BCUT2D eigenvalue weighted by Crippen LogP contribution is -2.23. The van der Waals surface area contributed by atoms with Crippen LogP contribution in [0.3, 0.4) is 0 Å². The van der Waals surface area contributed by atoms with E-state index in [1.807, 2.05) is 24.3 Å². The van der Waals surface area contributed by atoms with E-state index in [0.717, 1.165) is 22.3 Å². The third-order valence-electron chi connectivity index (χ3n) is 8.01. The van der Waals surface area contributed by atoms with Crippen molar-refractivity contribution >= 4 is 35.3 Å². The van der Waals surface area contributed by atoms with Crippen LogP contribution < -0.4 is 10.9 Å². The lowest BCUT2D eigenvalue weighted by molar-refractivity contribution is 0.0822. The highest BCUT2D eigenvalue weighted by Crippen LogP contribution is 2.62. The first-order valence-corrected chi connectivity index (χ1v) is 14.1. The molecule has 1 fully saturated rings. The number of hydrogen-bond donors (Lipinski definition) is 1. The molecular formula is C33H32ClFN4O3. The van der Waals surface area contributed by atoms with Crippen LogP contribution in [0, 0.1) is 18.7 Å². The Morgan fingerprint density at radius 2 is 1.81 bits per heavy atom. The van der Waals surface area contributed by atoms with E-state index in [9.17, 15) is 14.4 Å². The Balaban J connectivity index is 1.50. The van der Waals surface area contributed by atoms with Gasteiger partial charge < -0.3 is 10.2 Å². The fraction of sp³-hybridized carbons (Fsp3) is 0.273. The van der Waals surface area contributed by atoms with Crippen LogP contribution in [0.2, 0.25) is 5.02 Å². The van der Waals surface area contributed by atoms with Crippen molar-refractivity contribution in [1.29, 1.82) is 0 Å². The molecular weight excluding hydrogens is 555 g/mol. The van der Waals surface area contributed by atoms with Gasteiger partial charge in [0, 0.05) is 49.9 Å². The normalized spacial score (nSPS) is 19.8. The average Bonchev–Trinajstić information content (AvgIpc) is 3.48. The van der Waals surface area contributed by atoms with Crippen molar-refractivity contribution in [2.45, 2.75) is 39.2 Å². The molecule has 2 unspecified atom stereocenters. The largest absolute Gasteiger partial charge is 0.348 e. The Kier molecular flexibility index (Phi) is 8.01. The topological polar surface area (TPSA) is 83.8 Å². The molecule has 1 N–H and O–H groups in total. The van der Waals surface area contributed by atoms with E-state index in [4.69, 9.17) is 11.6 Å². The molecule has 9 heteroatoms. The summed E-state index contributed by atoms with van der Waals surface area (Å²) < 4.78 is 16.9. The maximum absolute atomic E-state index is 15.5. The summed E-state index contributed by atoms with van der Waals surface area (Å²) in [5, 5.41) is 3.01. The second-order valence-corrected chi connectivity index (χ2v) is 11.3. The third kappa shape index (κ3) is 5.11. The van der Waals surface area contributed by atoms with E-state index in [2.05, 4.69) is 17.2 Å². The summed E-state index contributed by atoms with van der Waals surface area (Å²) in [6, 6.07) is 12.4. The van der Waals surface area contributed by atoms with Gasteiger partial charge in [-0.05, 0) is 72.6 Å². The molecule has 216 valence electrons. The Bertz CT molecular complexity index is 1750. The zero-order chi connectivity index (χ0) is 30.3. The average molecular weight is 587 g/mol. The third-order valence-corrected chi connectivity index (χ3v) is 8.39. The van der Waals surface area contributed by atoms with Crippen molar-refractivity contribution < 1.29 is 14.0 Å². The molecule has 0 spiro atoms. The van der Waals surface area contributed by atoms with E-state index in [0.29, 0.717) is 12.2 Å². The molecule has 0 radical (unpaired) electrons. The quantitative estimate of drug-likeness (QED) is 0.350. The number of benzene rings is 2. The predicted octanol–water partition coefficient (Wildman–Crippen LogP) is 5.91. The molecule has 42 heavy (non-hydrogen) atoms. The number of pyridine rings is 1. The highest BCUT2D eigenvalue weighted by atomic mass is 35.5. The van der Waals surface area contributed by atoms with Crippen LogP contribution in [0.15, 0.2) is 70.6 Å². The zero-order valence-corrected chi connectivity index (χ0v) is 24.9. The molecule has 3 atom stereocenters. The number of fused-ring (bicyclic) bond motifs is 1. The zero-order valence-electron chi connectivity index (χ0n) is 24.1. The molecule has 1 aliphatic carbocycles. The number of hydrogen-bond acceptors (Lipinski definition) is 4. The van der Waals surface area contributed by atoms with Crippen LogP contribution in [0.4, 0.5) is 4.39 Å². The number of rotatable bonds is 7. The summed E-state index contributed by atoms with van der Waals surface area (Å²) >= 11 is 6.71. The number of aromatic nitrogens is 1. The van der Waals surface area contributed by atoms with Gasteiger partial charge in [0.25, 0.3) is 17.4 Å². The fourth-order valence-corrected chi connectivity index (χ4v) is 6.09. The van der Waals surface area contributed by atoms with E-state index in [1.54, 1.807) is 40.1 Å². The molecule has 2 amide bonds. The molecule has 2 aliphatic rings. The van der Waals surface area contributed by atoms with Gasteiger partial charge in [0.05, 0.1) is 11.3 Å². The molecule has 2 heterocycles. The number of aliphatic imine (C=N–C) groups is 1. The maximum Gasteiger partial charge on any atom is 0.273 e. The van der Waals surface area contributed by atoms with E-state index in [-0.39, 0.29) is 45.5 Å². The highest BCUT2D eigenvalue weighted by molar-refractivity contribution is 6.31. The summed E-state index contributed by atoms with van der Waals surface area (Å²) in [4.78, 5) is 44.2. The Hall–Kier alpha value is -4.30. The number of nitrogens with one attached hydrogen (secondary N) is 1. The van der Waals surface area contributed by atoms with Crippen molar-refractivity contribution in [2.75, 3.05) is 14.1 Å². The minimum atomic E-state index is -0.698. The Labute approximate surface area is 249 Å². The van der Waals surface area contributed by atoms with Crippen LogP contribution in [-0.4, -0.2) is 41.1 Å². The lowest BCUT2D eigenvalue weighted by atomic mass is 9.96. The summed E-state index contributed by atoms with van der Waals surface area (Å²) in [6.07, 6.45) is 6.25. The molecule has 1 saturated carbocycles. The molecule has 3 aromatic rings. The lowest BCUT2D eigenvalue weighted by Gasteiger charge is -2.13. The fourth-order valence-electron chi connectivity index (χ4n) is 5.82. The van der Waals surface area contributed by atoms with E-state index < -0.39 is 17.3 Å². The van der Waals surface area contributed by atoms with Gasteiger partial charge in [0.1, 0.15) is 10.8 Å². The van der Waals surface area contributed by atoms with Gasteiger partial charge in [-0.25, -0.2) is 4.39 Å². The Morgan fingerprint density at radius 1 is 1.12 bits per heavy atom. The van der Waals surface area contributed by atoms with Gasteiger partial charge in [0.2, 0.25) is 0 Å². The minimum Gasteiger partial charge on any atom is -0.348 e. The first-order chi connectivity index (χ1) is 20.1.